The van der Waals surface area contributed by atoms with Gasteiger partial charge < -0.3 is 4.74 Å². The molecule has 4 amide bonds. The predicted molar refractivity (Wildman–Crippen MR) is 88.9 cm³/mol. The maximum atomic E-state index is 12.6. The summed E-state index contributed by atoms with van der Waals surface area (Å²) in [6, 6.07) is 8.76. The predicted octanol–water partition coefficient (Wildman–Crippen LogP) is 2.38. The molecule has 1 fully saturated rings. The van der Waals surface area contributed by atoms with Crippen molar-refractivity contribution in [3.63, 3.8) is 0 Å². The molecule has 1 aromatic rings. The Morgan fingerprint density at radius 3 is 2.17 bits per heavy atom. The van der Waals surface area contributed by atoms with Crippen LogP contribution in [-0.4, -0.2) is 23.9 Å². The minimum absolute atomic E-state index is 0.263. The van der Waals surface area contributed by atoms with Crippen LogP contribution < -0.4 is 10.6 Å². The zero-order chi connectivity index (χ0) is 17.7. The van der Waals surface area contributed by atoms with Crippen molar-refractivity contribution >= 4 is 17.8 Å². The quantitative estimate of drug-likeness (QED) is 0.751. The van der Waals surface area contributed by atoms with E-state index in [1.807, 2.05) is 44.2 Å². The van der Waals surface area contributed by atoms with Gasteiger partial charge in [-0.15, -0.1) is 0 Å². The average molecular weight is 332 g/mol. The highest BCUT2D eigenvalue weighted by molar-refractivity contribution is 6.19. The fraction of sp³-hybridized carbons (Fsp3) is 0.500. The number of ether oxygens (including phenoxy) is 1. The largest absolute Gasteiger partial charge is 0.372 e. The van der Waals surface area contributed by atoms with Crippen molar-refractivity contribution < 1.29 is 19.1 Å². The number of carbonyl (C=O) groups is 3. The molecule has 2 N–H and O–H groups in total. The van der Waals surface area contributed by atoms with E-state index in [0.29, 0.717) is 6.42 Å². The number of rotatable bonds is 7. The number of urea groups is 1. The van der Waals surface area contributed by atoms with Gasteiger partial charge in [0.15, 0.2) is 5.41 Å². The van der Waals surface area contributed by atoms with Gasteiger partial charge in [0.1, 0.15) is 0 Å². The Kier molecular flexibility index (Phi) is 5.72. The van der Waals surface area contributed by atoms with Crippen LogP contribution in [0.25, 0.3) is 0 Å². The fourth-order valence-corrected chi connectivity index (χ4v) is 3.35. The molecular formula is C18H24N2O4. The lowest BCUT2D eigenvalue weighted by Gasteiger charge is -2.42. The van der Waals surface area contributed by atoms with E-state index in [1.165, 1.54) is 0 Å². The van der Waals surface area contributed by atoms with Gasteiger partial charge in [0.25, 0.3) is 0 Å². The van der Waals surface area contributed by atoms with Crippen LogP contribution >= 0.6 is 0 Å². The molecule has 1 aromatic carbocycles. The number of hydrogen-bond acceptors (Lipinski definition) is 4. The molecule has 0 saturated carbocycles. The molecule has 6 heteroatoms. The number of benzene rings is 1. The third kappa shape index (κ3) is 3.33. The van der Waals surface area contributed by atoms with E-state index in [-0.39, 0.29) is 12.5 Å². The number of carbonyl (C=O) groups excluding carboxylic acids is 3. The summed E-state index contributed by atoms with van der Waals surface area (Å²) in [5.41, 5.74) is -0.464. The van der Waals surface area contributed by atoms with E-state index in [9.17, 15) is 14.4 Å². The second-order valence-electron chi connectivity index (χ2n) is 6.23. The van der Waals surface area contributed by atoms with Crippen LogP contribution in [0, 0.1) is 11.3 Å². The van der Waals surface area contributed by atoms with Crippen LogP contribution in [0.4, 0.5) is 4.79 Å². The maximum Gasteiger partial charge on any atom is 0.328 e. The summed E-state index contributed by atoms with van der Waals surface area (Å²) in [6.45, 7) is 5.84. The summed E-state index contributed by atoms with van der Waals surface area (Å²) in [6.07, 6.45) is 0.823. The first-order chi connectivity index (χ1) is 11.4. The van der Waals surface area contributed by atoms with Gasteiger partial charge in [0, 0.05) is 0 Å². The van der Waals surface area contributed by atoms with Crippen LogP contribution in [0.3, 0.4) is 0 Å². The molecule has 1 heterocycles. The van der Waals surface area contributed by atoms with Crippen molar-refractivity contribution in [3.8, 4) is 0 Å². The molecule has 0 spiro atoms. The van der Waals surface area contributed by atoms with Gasteiger partial charge in [-0.2, -0.15) is 0 Å². The minimum atomic E-state index is -1.42. The van der Waals surface area contributed by atoms with E-state index >= 15 is 0 Å². The molecule has 0 radical (unpaired) electrons. The zero-order valence-electron chi connectivity index (χ0n) is 14.3. The van der Waals surface area contributed by atoms with Crippen LogP contribution in [0.15, 0.2) is 30.3 Å². The number of imide groups is 2. The Balaban J connectivity index is 2.26. The SMILES string of the molecule is CCCC(C)C1(C(C)OCc2ccccc2)C(=O)NC(=O)NC1=O. The van der Waals surface area contributed by atoms with Gasteiger partial charge in [-0.3, -0.25) is 20.2 Å². The fourth-order valence-electron chi connectivity index (χ4n) is 3.35. The summed E-state index contributed by atoms with van der Waals surface area (Å²) >= 11 is 0. The van der Waals surface area contributed by atoms with E-state index in [1.54, 1.807) is 6.92 Å². The van der Waals surface area contributed by atoms with Crippen LogP contribution in [0.2, 0.25) is 0 Å². The third-order valence-electron chi connectivity index (χ3n) is 4.69. The molecule has 0 aromatic heterocycles. The molecule has 0 aliphatic carbocycles. The van der Waals surface area contributed by atoms with Crippen molar-refractivity contribution in [1.29, 1.82) is 0 Å². The molecule has 1 aliphatic rings. The number of nitrogens with one attached hydrogen (secondary N) is 2. The lowest BCUT2D eigenvalue weighted by atomic mass is 9.68. The van der Waals surface area contributed by atoms with Crippen LogP contribution in [0.1, 0.15) is 39.2 Å². The smallest absolute Gasteiger partial charge is 0.328 e. The summed E-state index contributed by atoms with van der Waals surface area (Å²) < 4.78 is 5.88. The second-order valence-corrected chi connectivity index (χ2v) is 6.23. The van der Waals surface area contributed by atoms with E-state index < -0.39 is 29.4 Å². The molecule has 2 unspecified atom stereocenters. The summed E-state index contributed by atoms with van der Waals surface area (Å²) in [5, 5.41) is 4.46. The average Bonchev–Trinajstić information content (AvgIpc) is 2.53. The highest BCUT2D eigenvalue weighted by Gasteiger charge is 2.57. The number of hydrogen-bond donors (Lipinski definition) is 2. The second kappa shape index (κ2) is 7.57. The maximum absolute atomic E-state index is 12.6. The Morgan fingerprint density at radius 1 is 1.04 bits per heavy atom. The monoisotopic (exact) mass is 332 g/mol. The normalized spacial score (nSPS) is 19.4. The highest BCUT2D eigenvalue weighted by Crippen LogP contribution is 2.38. The third-order valence-corrected chi connectivity index (χ3v) is 4.69. The van der Waals surface area contributed by atoms with E-state index in [2.05, 4.69) is 10.6 Å². The molecule has 2 rings (SSSR count). The molecule has 6 nitrogen and oxygen atoms in total. The van der Waals surface area contributed by atoms with Crippen molar-refractivity contribution in [1.82, 2.24) is 10.6 Å². The summed E-state index contributed by atoms with van der Waals surface area (Å²) in [4.78, 5) is 36.7. The lowest BCUT2D eigenvalue weighted by molar-refractivity contribution is -0.162. The Hall–Kier alpha value is -2.21. The van der Waals surface area contributed by atoms with Crippen molar-refractivity contribution in [2.24, 2.45) is 11.3 Å². The molecular weight excluding hydrogens is 308 g/mol. The standard InChI is InChI=1S/C18H24N2O4/c1-4-8-12(2)18(15(21)19-17(23)20-16(18)22)13(3)24-11-14-9-6-5-7-10-14/h5-7,9-10,12-13H,4,8,11H2,1-3H3,(H2,19,20,21,22,23). The Labute approximate surface area is 142 Å². The van der Waals surface area contributed by atoms with E-state index in [4.69, 9.17) is 4.74 Å². The molecule has 1 aliphatic heterocycles. The molecule has 1 saturated heterocycles. The van der Waals surface area contributed by atoms with Crippen molar-refractivity contribution in [2.45, 2.75) is 46.3 Å². The molecule has 0 bridgehead atoms. The van der Waals surface area contributed by atoms with Gasteiger partial charge in [-0.25, -0.2) is 4.79 Å². The van der Waals surface area contributed by atoms with E-state index in [0.717, 1.165) is 12.0 Å². The van der Waals surface area contributed by atoms with Gasteiger partial charge in [0.2, 0.25) is 11.8 Å². The molecule has 24 heavy (non-hydrogen) atoms. The van der Waals surface area contributed by atoms with Crippen molar-refractivity contribution in [3.05, 3.63) is 35.9 Å². The minimum Gasteiger partial charge on any atom is -0.372 e. The van der Waals surface area contributed by atoms with Crippen molar-refractivity contribution in [2.75, 3.05) is 0 Å². The Bertz CT molecular complexity index is 595. The lowest BCUT2D eigenvalue weighted by Crippen LogP contribution is -2.68. The first kappa shape index (κ1) is 18.1. The van der Waals surface area contributed by atoms with Crippen LogP contribution in [-0.2, 0) is 20.9 Å². The first-order valence-corrected chi connectivity index (χ1v) is 8.25. The van der Waals surface area contributed by atoms with Gasteiger partial charge in [-0.05, 0) is 24.8 Å². The number of barbiturate groups is 1. The van der Waals surface area contributed by atoms with Gasteiger partial charge >= 0.3 is 6.03 Å². The van der Waals surface area contributed by atoms with Gasteiger partial charge in [-0.1, -0.05) is 50.6 Å². The Morgan fingerprint density at radius 2 is 1.62 bits per heavy atom. The van der Waals surface area contributed by atoms with Gasteiger partial charge in [0.05, 0.1) is 12.7 Å². The first-order valence-electron chi connectivity index (χ1n) is 8.25. The molecule has 130 valence electrons. The highest BCUT2D eigenvalue weighted by atomic mass is 16.5. The summed E-state index contributed by atoms with van der Waals surface area (Å²) in [5.74, 6) is -1.43. The van der Waals surface area contributed by atoms with Crippen LogP contribution in [0.5, 0.6) is 0 Å². The topological polar surface area (TPSA) is 84.5 Å². The number of amides is 4. The summed E-state index contributed by atoms with van der Waals surface area (Å²) in [7, 11) is 0. The zero-order valence-corrected chi connectivity index (χ0v) is 14.3. The molecule has 2 atom stereocenters.